The Balaban J connectivity index is 1.84. The van der Waals surface area contributed by atoms with Crippen LogP contribution in [0.25, 0.3) is 11.3 Å². The molecule has 0 spiro atoms. The van der Waals surface area contributed by atoms with Crippen LogP contribution in [-0.4, -0.2) is 20.7 Å². The van der Waals surface area contributed by atoms with E-state index in [0.717, 1.165) is 21.8 Å². The summed E-state index contributed by atoms with van der Waals surface area (Å²) in [5.74, 6) is 0.428. The molecule has 3 rings (SSSR count). The van der Waals surface area contributed by atoms with Crippen LogP contribution >= 0.6 is 11.3 Å². The summed E-state index contributed by atoms with van der Waals surface area (Å²) in [6.07, 6.45) is 1.54. The lowest BCUT2D eigenvalue weighted by Gasteiger charge is -2.02. The van der Waals surface area contributed by atoms with Gasteiger partial charge in [0.25, 0.3) is 5.91 Å². The molecule has 0 unspecified atom stereocenters. The summed E-state index contributed by atoms with van der Waals surface area (Å²) in [5, 5.41) is 8.08. The molecule has 3 aromatic rings. The molecule has 23 heavy (non-hydrogen) atoms. The van der Waals surface area contributed by atoms with Gasteiger partial charge in [-0.1, -0.05) is 24.3 Å². The number of hydrogen-bond acceptors (Lipinski definition) is 5. The molecule has 0 aliphatic heterocycles. The summed E-state index contributed by atoms with van der Waals surface area (Å²) < 4.78 is 1.66. The average Bonchev–Trinajstić information content (AvgIpc) is 3.15. The molecule has 0 aliphatic carbocycles. The van der Waals surface area contributed by atoms with E-state index in [1.54, 1.807) is 17.9 Å². The van der Waals surface area contributed by atoms with Gasteiger partial charge in [0.2, 0.25) is 0 Å². The number of carbonyl (C=O) groups excluding carboxylic acids is 1. The first-order valence-electron chi connectivity index (χ1n) is 7.14. The van der Waals surface area contributed by atoms with Crippen molar-refractivity contribution in [3.05, 3.63) is 52.0 Å². The quantitative estimate of drug-likeness (QED) is 0.771. The van der Waals surface area contributed by atoms with Crippen molar-refractivity contribution in [1.29, 1.82) is 0 Å². The first-order chi connectivity index (χ1) is 11.1. The summed E-state index contributed by atoms with van der Waals surface area (Å²) in [6, 6.07) is 9.88. The molecule has 2 heterocycles. The van der Waals surface area contributed by atoms with Gasteiger partial charge in [0.1, 0.15) is 15.7 Å². The lowest BCUT2D eigenvalue weighted by molar-refractivity contribution is 0.102. The zero-order valence-electron chi connectivity index (χ0n) is 12.9. The van der Waals surface area contributed by atoms with Crippen molar-refractivity contribution in [2.75, 3.05) is 5.32 Å². The number of hydrogen-bond donors (Lipinski definition) is 2. The molecule has 3 N–H and O–H groups in total. The number of rotatable bonds is 4. The SMILES string of the molecule is Cc1ccccc1-c1cc(NC(=O)c2cnc(CN)s2)n(C)n1. The Labute approximate surface area is 138 Å². The van der Waals surface area contributed by atoms with Gasteiger partial charge >= 0.3 is 0 Å². The molecule has 0 atom stereocenters. The van der Waals surface area contributed by atoms with E-state index < -0.39 is 0 Å². The van der Waals surface area contributed by atoms with E-state index in [0.29, 0.717) is 17.2 Å². The molecule has 0 saturated carbocycles. The fourth-order valence-corrected chi connectivity index (χ4v) is 2.96. The highest BCUT2D eigenvalue weighted by Crippen LogP contribution is 2.25. The topological polar surface area (TPSA) is 85.8 Å². The molecule has 1 aromatic carbocycles. The van der Waals surface area contributed by atoms with Crippen LogP contribution in [0.3, 0.4) is 0 Å². The van der Waals surface area contributed by atoms with Gasteiger partial charge in [-0.25, -0.2) is 4.98 Å². The first-order valence-corrected chi connectivity index (χ1v) is 7.96. The Kier molecular flexibility index (Phi) is 4.22. The summed E-state index contributed by atoms with van der Waals surface area (Å²) in [7, 11) is 1.80. The van der Waals surface area contributed by atoms with Crippen LogP contribution in [0.5, 0.6) is 0 Å². The van der Waals surface area contributed by atoms with Crippen LogP contribution in [-0.2, 0) is 13.6 Å². The maximum atomic E-state index is 12.3. The van der Waals surface area contributed by atoms with Gasteiger partial charge in [-0.3, -0.25) is 9.48 Å². The molecule has 2 aromatic heterocycles. The van der Waals surface area contributed by atoms with Gasteiger partial charge < -0.3 is 11.1 Å². The number of nitrogens with zero attached hydrogens (tertiary/aromatic N) is 3. The Morgan fingerprint density at radius 3 is 2.87 bits per heavy atom. The van der Waals surface area contributed by atoms with Crippen LogP contribution in [0.15, 0.2) is 36.5 Å². The molecule has 6 nitrogen and oxygen atoms in total. The highest BCUT2D eigenvalue weighted by Gasteiger charge is 2.14. The van der Waals surface area contributed by atoms with E-state index in [9.17, 15) is 4.79 Å². The van der Waals surface area contributed by atoms with Gasteiger partial charge in [0.05, 0.1) is 11.9 Å². The number of aryl methyl sites for hydroxylation is 2. The van der Waals surface area contributed by atoms with Crippen molar-refractivity contribution in [3.8, 4) is 11.3 Å². The predicted molar refractivity (Wildman–Crippen MR) is 91.3 cm³/mol. The van der Waals surface area contributed by atoms with Gasteiger partial charge in [0, 0.05) is 25.2 Å². The second-order valence-corrected chi connectivity index (χ2v) is 6.25. The molecule has 0 radical (unpaired) electrons. The van der Waals surface area contributed by atoms with E-state index in [4.69, 9.17) is 5.73 Å². The van der Waals surface area contributed by atoms with E-state index in [2.05, 4.69) is 15.4 Å². The predicted octanol–water partition coefficient (Wildman–Crippen LogP) is 2.56. The standard InChI is InChI=1S/C16H17N5OS/c1-10-5-3-4-6-11(10)12-7-14(21(2)20-12)19-16(22)13-9-18-15(8-17)23-13/h3-7,9H,8,17H2,1-2H3,(H,19,22). The summed E-state index contributed by atoms with van der Waals surface area (Å²) in [5.41, 5.74) is 8.54. The van der Waals surface area contributed by atoms with E-state index in [1.165, 1.54) is 11.3 Å². The minimum atomic E-state index is -0.207. The molecular formula is C16H17N5OS. The van der Waals surface area contributed by atoms with Gasteiger partial charge in [-0.2, -0.15) is 5.10 Å². The Morgan fingerprint density at radius 2 is 2.17 bits per heavy atom. The third-order valence-electron chi connectivity index (χ3n) is 3.49. The third-order valence-corrected chi connectivity index (χ3v) is 4.51. The van der Waals surface area contributed by atoms with E-state index in [1.807, 2.05) is 37.3 Å². The Hall–Kier alpha value is -2.51. The smallest absolute Gasteiger partial charge is 0.268 e. The minimum absolute atomic E-state index is 0.207. The fraction of sp³-hybridized carbons (Fsp3) is 0.188. The van der Waals surface area contributed by atoms with Crippen molar-refractivity contribution < 1.29 is 4.79 Å². The van der Waals surface area contributed by atoms with Crippen LogP contribution in [0, 0.1) is 6.92 Å². The van der Waals surface area contributed by atoms with Crippen molar-refractivity contribution in [3.63, 3.8) is 0 Å². The summed E-state index contributed by atoms with van der Waals surface area (Å²) in [6.45, 7) is 2.37. The van der Waals surface area contributed by atoms with Crippen molar-refractivity contribution in [1.82, 2.24) is 14.8 Å². The molecule has 0 bridgehead atoms. The highest BCUT2D eigenvalue weighted by molar-refractivity contribution is 7.13. The van der Waals surface area contributed by atoms with E-state index in [-0.39, 0.29) is 5.91 Å². The number of aromatic nitrogens is 3. The van der Waals surface area contributed by atoms with Crippen molar-refractivity contribution >= 4 is 23.1 Å². The fourth-order valence-electron chi connectivity index (χ4n) is 2.26. The maximum absolute atomic E-state index is 12.3. The second kappa shape index (κ2) is 6.31. The molecular weight excluding hydrogens is 310 g/mol. The number of nitrogens with one attached hydrogen (secondary N) is 1. The van der Waals surface area contributed by atoms with Gasteiger partial charge in [0.15, 0.2) is 0 Å². The van der Waals surface area contributed by atoms with Gasteiger partial charge in [-0.05, 0) is 12.5 Å². The highest BCUT2D eigenvalue weighted by atomic mass is 32.1. The number of amides is 1. The number of thiazole rings is 1. The molecule has 0 fully saturated rings. The zero-order valence-corrected chi connectivity index (χ0v) is 13.7. The number of benzene rings is 1. The van der Waals surface area contributed by atoms with E-state index >= 15 is 0 Å². The molecule has 7 heteroatoms. The van der Waals surface area contributed by atoms with Crippen molar-refractivity contribution in [2.24, 2.45) is 12.8 Å². The Morgan fingerprint density at radius 1 is 1.39 bits per heavy atom. The number of anilines is 1. The largest absolute Gasteiger partial charge is 0.325 e. The summed E-state index contributed by atoms with van der Waals surface area (Å²) >= 11 is 1.29. The lowest BCUT2D eigenvalue weighted by Crippen LogP contribution is -2.13. The van der Waals surface area contributed by atoms with Crippen molar-refractivity contribution in [2.45, 2.75) is 13.5 Å². The third kappa shape index (κ3) is 3.15. The number of nitrogens with two attached hydrogens (primary N) is 1. The molecule has 118 valence electrons. The molecule has 0 saturated heterocycles. The minimum Gasteiger partial charge on any atom is -0.325 e. The molecule has 1 amide bonds. The van der Waals surface area contributed by atoms with Crippen LogP contribution in [0.4, 0.5) is 5.82 Å². The Bertz CT molecular complexity index is 852. The number of carbonyl (C=O) groups is 1. The second-order valence-electron chi connectivity index (χ2n) is 5.13. The maximum Gasteiger partial charge on any atom is 0.268 e. The first kappa shape index (κ1) is 15.4. The monoisotopic (exact) mass is 327 g/mol. The van der Waals surface area contributed by atoms with Gasteiger partial charge in [-0.15, -0.1) is 11.3 Å². The van der Waals surface area contributed by atoms with Crippen LogP contribution < -0.4 is 11.1 Å². The lowest BCUT2D eigenvalue weighted by atomic mass is 10.1. The normalized spacial score (nSPS) is 10.7. The average molecular weight is 327 g/mol. The zero-order chi connectivity index (χ0) is 16.4. The summed E-state index contributed by atoms with van der Waals surface area (Å²) in [4.78, 5) is 16.9. The van der Waals surface area contributed by atoms with Crippen LogP contribution in [0.1, 0.15) is 20.2 Å². The van der Waals surface area contributed by atoms with Crippen LogP contribution in [0.2, 0.25) is 0 Å². The molecule has 0 aliphatic rings.